The van der Waals surface area contributed by atoms with Gasteiger partial charge in [0.15, 0.2) is 0 Å². The molecule has 2 aromatic heterocycles. The second kappa shape index (κ2) is 5.20. The van der Waals surface area contributed by atoms with Gasteiger partial charge in [0.1, 0.15) is 5.82 Å². The monoisotopic (exact) mass is 306 g/mol. The number of nitrogens with zero attached hydrogens (tertiary/aromatic N) is 3. The van der Waals surface area contributed by atoms with Crippen molar-refractivity contribution in [1.82, 2.24) is 19.9 Å². The molecule has 94 valence electrons. The third kappa shape index (κ3) is 2.97. The highest BCUT2D eigenvalue weighted by Crippen LogP contribution is 2.19. The Kier molecular flexibility index (Phi) is 3.43. The van der Waals surface area contributed by atoms with Gasteiger partial charge in [-0.1, -0.05) is 0 Å². The summed E-state index contributed by atoms with van der Waals surface area (Å²) in [6.07, 6.45) is 10.2. The molecule has 0 spiro atoms. The highest BCUT2D eigenvalue weighted by atomic mass is 79.9. The molecule has 5 heteroatoms. The molecule has 0 aliphatic heterocycles. The van der Waals surface area contributed by atoms with Crippen LogP contribution in [0, 0.1) is 0 Å². The highest BCUT2D eigenvalue weighted by Gasteiger charge is 2.20. The minimum absolute atomic E-state index is 0.711. The Labute approximate surface area is 115 Å². The van der Waals surface area contributed by atoms with E-state index >= 15 is 0 Å². The number of pyridine rings is 1. The number of imidazole rings is 1. The number of hydrogen-bond donors (Lipinski definition) is 1. The van der Waals surface area contributed by atoms with Crippen molar-refractivity contribution < 1.29 is 0 Å². The van der Waals surface area contributed by atoms with Gasteiger partial charge < -0.3 is 9.88 Å². The molecule has 4 nitrogen and oxygen atoms in total. The fourth-order valence-electron chi connectivity index (χ4n) is 1.91. The molecule has 18 heavy (non-hydrogen) atoms. The molecule has 0 amide bonds. The molecule has 0 radical (unpaired) electrons. The number of halogens is 1. The van der Waals surface area contributed by atoms with Crippen LogP contribution in [0.25, 0.3) is 0 Å². The minimum Gasteiger partial charge on any atom is -0.329 e. The molecule has 0 bridgehead atoms. The molecule has 1 aliphatic rings. The Morgan fingerprint density at radius 2 is 2.28 bits per heavy atom. The second-order valence-corrected chi connectivity index (χ2v) is 5.55. The first-order chi connectivity index (χ1) is 8.81. The van der Waals surface area contributed by atoms with E-state index in [-0.39, 0.29) is 0 Å². The van der Waals surface area contributed by atoms with Crippen LogP contribution in [-0.2, 0) is 13.1 Å². The Morgan fingerprint density at radius 3 is 3.06 bits per heavy atom. The Hall–Kier alpha value is -1.20. The zero-order chi connectivity index (χ0) is 12.4. The summed E-state index contributed by atoms with van der Waals surface area (Å²) in [6.45, 7) is 1.66. The lowest BCUT2D eigenvalue weighted by Crippen LogP contribution is -2.19. The lowest BCUT2D eigenvalue weighted by atomic mass is 10.3. The van der Waals surface area contributed by atoms with Crippen molar-refractivity contribution in [3.63, 3.8) is 0 Å². The normalized spacial score (nSPS) is 14.9. The van der Waals surface area contributed by atoms with Gasteiger partial charge >= 0.3 is 0 Å². The van der Waals surface area contributed by atoms with E-state index in [1.165, 1.54) is 18.4 Å². The van der Waals surface area contributed by atoms with Gasteiger partial charge in [0, 0.05) is 35.3 Å². The van der Waals surface area contributed by atoms with Crippen molar-refractivity contribution in [2.24, 2.45) is 0 Å². The highest BCUT2D eigenvalue weighted by molar-refractivity contribution is 9.10. The molecule has 2 aromatic rings. The van der Waals surface area contributed by atoms with Crippen LogP contribution in [0.5, 0.6) is 0 Å². The summed E-state index contributed by atoms with van der Waals surface area (Å²) in [5, 5.41) is 3.49. The molecule has 1 fully saturated rings. The van der Waals surface area contributed by atoms with Crippen LogP contribution in [0.1, 0.15) is 24.2 Å². The van der Waals surface area contributed by atoms with Crippen LogP contribution in [0.3, 0.4) is 0 Å². The quantitative estimate of drug-likeness (QED) is 0.922. The summed E-state index contributed by atoms with van der Waals surface area (Å²) in [4.78, 5) is 8.59. The fraction of sp³-hybridized carbons (Fsp3) is 0.385. The van der Waals surface area contributed by atoms with Crippen molar-refractivity contribution >= 4 is 15.9 Å². The summed E-state index contributed by atoms with van der Waals surface area (Å²) in [5.74, 6) is 1.09. The van der Waals surface area contributed by atoms with Crippen LogP contribution >= 0.6 is 15.9 Å². The number of nitrogens with one attached hydrogen (secondary N) is 1. The Morgan fingerprint density at radius 1 is 1.39 bits per heavy atom. The van der Waals surface area contributed by atoms with Gasteiger partial charge in [-0.3, -0.25) is 4.98 Å². The molecular formula is C13H15BrN4. The predicted octanol–water partition coefficient (Wildman–Crippen LogP) is 2.34. The molecule has 1 saturated carbocycles. The van der Waals surface area contributed by atoms with Gasteiger partial charge in [0.25, 0.3) is 0 Å². The smallest absolute Gasteiger partial charge is 0.122 e. The van der Waals surface area contributed by atoms with Gasteiger partial charge in [-0.25, -0.2) is 4.98 Å². The van der Waals surface area contributed by atoms with E-state index in [2.05, 4.69) is 41.8 Å². The number of aromatic nitrogens is 3. The molecule has 2 heterocycles. The maximum absolute atomic E-state index is 4.40. The zero-order valence-electron chi connectivity index (χ0n) is 10.0. The van der Waals surface area contributed by atoms with Crippen molar-refractivity contribution in [3.05, 3.63) is 46.7 Å². The van der Waals surface area contributed by atoms with Crippen LogP contribution < -0.4 is 5.32 Å². The molecule has 0 aromatic carbocycles. The second-order valence-electron chi connectivity index (χ2n) is 4.64. The average molecular weight is 307 g/mol. The van der Waals surface area contributed by atoms with Gasteiger partial charge in [-0.15, -0.1) is 0 Å². The largest absolute Gasteiger partial charge is 0.329 e. The van der Waals surface area contributed by atoms with E-state index in [9.17, 15) is 0 Å². The SMILES string of the molecule is Brc1cncc(Cn2ccnc2CNC2CC2)c1. The molecular weight excluding hydrogens is 292 g/mol. The van der Waals surface area contributed by atoms with Gasteiger partial charge in [-0.05, 0) is 40.4 Å². The fourth-order valence-corrected chi connectivity index (χ4v) is 2.33. The number of rotatable bonds is 5. The molecule has 1 aliphatic carbocycles. The molecule has 3 rings (SSSR count). The predicted molar refractivity (Wildman–Crippen MR) is 73.1 cm³/mol. The molecule has 1 N–H and O–H groups in total. The maximum atomic E-state index is 4.40. The first-order valence-corrected chi connectivity index (χ1v) is 6.93. The number of hydrogen-bond acceptors (Lipinski definition) is 3. The Balaban J connectivity index is 1.69. The summed E-state index contributed by atoms with van der Waals surface area (Å²) in [7, 11) is 0. The van der Waals surface area contributed by atoms with Crippen molar-refractivity contribution in [3.8, 4) is 0 Å². The van der Waals surface area contributed by atoms with Crippen LogP contribution in [0.2, 0.25) is 0 Å². The lowest BCUT2D eigenvalue weighted by Gasteiger charge is -2.08. The van der Waals surface area contributed by atoms with Crippen molar-refractivity contribution in [2.75, 3.05) is 0 Å². The molecule has 0 atom stereocenters. The standard InChI is InChI=1S/C13H15BrN4/c14-11-5-10(6-15-7-11)9-18-4-3-16-13(18)8-17-12-1-2-12/h3-7,12,17H,1-2,8-9H2. The van der Waals surface area contributed by atoms with Crippen molar-refractivity contribution in [1.29, 1.82) is 0 Å². The molecule has 0 unspecified atom stereocenters. The van der Waals surface area contributed by atoms with Crippen LogP contribution in [-0.4, -0.2) is 20.6 Å². The first-order valence-electron chi connectivity index (χ1n) is 6.14. The minimum atomic E-state index is 0.711. The lowest BCUT2D eigenvalue weighted by molar-refractivity contribution is 0.618. The van der Waals surface area contributed by atoms with E-state index in [4.69, 9.17) is 0 Å². The summed E-state index contributed by atoms with van der Waals surface area (Å²) >= 11 is 3.44. The van der Waals surface area contributed by atoms with E-state index in [0.717, 1.165) is 23.4 Å². The van der Waals surface area contributed by atoms with Crippen LogP contribution in [0.15, 0.2) is 35.3 Å². The Bertz CT molecular complexity index is 533. The summed E-state index contributed by atoms with van der Waals surface area (Å²) < 4.78 is 3.18. The van der Waals surface area contributed by atoms with Gasteiger partial charge in [-0.2, -0.15) is 0 Å². The third-order valence-corrected chi connectivity index (χ3v) is 3.48. The van der Waals surface area contributed by atoms with E-state index in [0.29, 0.717) is 6.04 Å². The van der Waals surface area contributed by atoms with E-state index < -0.39 is 0 Å². The van der Waals surface area contributed by atoms with Crippen LogP contribution in [0.4, 0.5) is 0 Å². The molecule has 0 saturated heterocycles. The first kappa shape index (κ1) is 11.9. The average Bonchev–Trinajstić information content (AvgIpc) is 3.08. The van der Waals surface area contributed by atoms with Gasteiger partial charge in [0.2, 0.25) is 0 Å². The maximum Gasteiger partial charge on any atom is 0.122 e. The summed E-state index contributed by atoms with van der Waals surface area (Å²) in [6, 6.07) is 2.80. The van der Waals surface area contributed by atoms with E-state index in [1.807, 2.05) is 18.6 Å². The topological polar surface area (TPSA) is 42.7 Å². The summed E-state index contributed by atoms with van der Waals surface area (Å²) in [5.41, 5.74) is 1.18. The third-order valence-electron chi connectivity index (χ3n) is 3.04. The van der Waals surface area contributed by atoms with Crippen molar-refractivity contribution in [2.45, 2.75) is 32.0 Å². The zero-order valence-corrected chi connectivity index (χ0v) is 11.6. The van der Waals surface area contributed by atoms with E-state index in [1.54, 1.807) is 6.20 Å². The van der Waals surface area contributed by atoms with Gasteiger partial charge in [0.05, 0.1) is 13.1 Å².